The fourth-order valence-corrected chi connectivity index (χ4v) is 2.17. The number of rotatable bonds is 4. The van der Waals surface area contributed by atoms with Crippen molar-refractivity contribution in [1.29, 1.82) is 0 Å². The highest BCUT2D eigenvalue weighted by Crippen LogP contribution is 2.32. The van der Waals surface area contributed by atoms with Crippen molar-refractivity contribution in [1.82, 2.24) is 9.55 Å². The Balaban J connectivity index is 2.30. The van der Waals surface area contributed by atoms with Gasteiger partial charge in [-0.3, -0.25) is 4.57 Å². The first-order chi connectivity index (χ1) is 9.76. The largest absolute Gasteiger partial charge is 0.573 e. The summed E-state index contributed by atoms with van der Waals surface area (Å²) in [7, 11) is 0. The second-order valence-electron chi connectivity index (χ2n) is 4.58. The van der Waals surface area contributed by atoms with Crippen molar-refractivity contribution in [2.24, 2.45) is 0 Å². The Morgan fingerprint density at radius 3 is 2.62 bits per heavy atom. The molecule has 2 rings (SSSR count). The van der Waals surface area contributed by atoms with Gasteiger partial charge in [0.05, 0.1) is 4.47 Å². The summed E-state index contributed by atoms with van der Waals surface area (Å²) in [5.74, 6) is 0.325. The van der Waals surface area contributed by atoms with Gasteiger partial charge in [0.25, 0.3) is 0 Å². The SMILES string of the molecule is CC(C)Nc1nccn1-c1ccc(OC(F)(F)F)c(Br)c1. The fourth-order valence-electron chi connectivity index (χ4n) is 1.72. The molecule has 21 heavy (non-hydrogen) atoms. The number of alkyl halides is 3. The van der Waals surface area contributed by atoms with Crippen LogP contribution >= 0.6 is 15.9 Å². The molecule has 2 aromatic rings. The van der Waals surface area contributed by atoms with Gasteiger partial charge in [-0.05, 0) is 48.0 Å². The van der Waals surface area contributed by atoms with Crippen LogP contribution in [0.4, 0.5) is 19.1 Å². The zero-order chi connectivity index (χ0) is 15.6. The number of ether oxygens (including phenoxy) is 1. The van der Waals surface area contributed by atoms with Crippen molar-refractivity contribution in [3.63, 3.8) is 0 Å². The third kappa shape index (κ3) is 4.13. The van der Waals surface area contributed by atoms with Crippen LogP contribution in [-0.2, 0) is 0 Å². The van der Waals surface area contributed by atoms with E-state index >= 15 is 0 Å². The predicted octanol–water partition coefficient (Wildman–Crippen LogP) is 4.35. The Hall–Kier alpha value is -1.70. The van der Waals surface area contributed by atoms with E-state index in [2.05, 4.69) is 31.0 Å². The van der Waals surface area contributed by atoms with Crippen LogP contribution < -0.4 is 10.1 Å². The van der Waals surface area contributed by atoms with Gasteiger partial charge in [-0.2, -0.15) is 0 Å². The van der Waals surface area contributed by atoms with Crippen LogP contribution in [0.3, 0.4) is 0 Å². The Kier molecular flexibility index (Phi) is 4.46. The summed E-state index contributed by atoms with van der Waals surface area (Å²) in [6.07, 6.45) is -1.39. The number of nitrogens with zero attached hydrogens (tertiary/aromatic N) is 2. The van der Waals surface area contributed by atoms with E-state index in [1.54, 1.807) is 17.0 Å². The van der Waals surface area contributed by atoms with E-state index in [1.807, 2.05) is 13.8 Å². The van der Waals surface area contributed by atoms with Gasteiger partial charge in [0.1, 0.15) is 5.75 Å². The maximum absolute atomic E-state index is 12.2. The highest BCUT2D eigenvalue weighted by molar-refractivity contribution is 9.10. The van der Waals surface area contributed by atoms with Gasteiger partial charge in [0, 0.05) is 24.1 Å². The summed E-state index contributed by atoms with van der Waals surface area (Å²) in [4.78, 5) is 4.17. The van der Waals surface area contributed by atoms with Crippen LogP contribution in [0.25, 0.3) is 5.69 Å². The lowest BCUT2D eigenvalue weighted by Crippen LogP contribution is -2.17. The van der Waals surface area contributed by atoms with E-state index in [0.29, 0.717) is 11.6 Å². The second kappa shape index (κ2) is 5.97. The highest BCUT2D eigenvalue weighted by atomic mass is 79.9. The Bertz CT molecular complexity index is 625. The fraction of sp³-hybridized carbons (Fsp3) is 0.308. The first kappa shape index (κ1) is 15.7. The van der Waals surface area contributed by atoms with E-state index in [0.717, 1.165) is 0 Å². The summed E-state index contributed by atoms with van der Waals surface area (Å²) in [6.45, 7) is 3.93. The number of hydrogen-bond acceptors (Lipinski definition) is 3. The van der Waals surface area contributed by atoms with Crippen LogP contribution in [0.15, 0.2) is 35.1 Å². The molecule has 1 heterocycles. The van der Waals surface area contributed by atoms with Gasteiger partial charge in [-0.1, -0.05) is 0 Å². The molecule has 0 aliphatic rings. The third-order valence-electron chi connectivity index (χ3n) is 2.48. The van der Waals surface area contributed by atoms with Crippen molar-refractivity contribution in [3.05, 3.63) is 35.1 Å². The van der Waals surface area contributed by atoms with Crippen LogP contribution in [0, 0.1) is 0 Å². The van der Waals surface area contributed by atoms with Crippen LogP contribution in [0.2, 0.25) is 0 Å². The second-order valence-corrected chi connectivity index (χ2v) is 5.44. The Morgan fingerprint density at radius 1 is 1.33 bits per heavy atom. The smallest absolute Gasteiger partial charge is 0.405 e. The molecule has 0 radical (unpaired) electrons. The summed E-state index contributed by atoms with van der Waals surface area (Å²) >= 11 is 3.08. The molecule has 4 nitrogen and oxygen atoms in total. The van der Waals surface area contributed by atoms with Crippen LogP contribution in [0.1, 0.15) is 13.8 Å². The van der Waals surface area contributed by atoms with Crippen molar-refractivity contribution >= 4 is 21.9 Å². The lowest BCUT2D eigenvalue weighted by molar-refractivity contribution is -0.274. The number of aromatic nitrogens is 2. The van der Waals surface area contributed by atoms with E-state index in [9.17, 15) is 13.2 Å². The zero-order valence-corrected chi connectivity index (χ0v) is 12.9. The lowest BCUT2D eigenvalue weighted by atomic mass is 10.3. The minimum atomic E-state index is -4.72. The maximum Gasteiger partial charge on any atom is 0.573 e. The summed E-state index contributed by atoms with van der Waals surface area (Å²) in [6, 6.07) is 4.50. The van der Waals surface area contributed by atoms with Gasteiger partial charge in [0.2, 0.25) is 5.95 Å². The summed E-state index contributed by atoms with van der Waals surface area (Å²) in [5.41, 5.74) is 0.664. The molecule has 0 spiro atoms. The molecule has 0 unspecified atom stereocenters. The molecule has 114 valence electrons. The molecule has 0 amide bonds. The molecule has 0 saturated carbocycles. The normalized spacial score (nSPS) is 11.8. The van der Waals surface area contributed by atoms with Gasteiger partial charge >= 0.3 is 6.36 Å². The first-order valence-electron chi connectivity index (χ1n) is 6.12. The quantitative estimate of drug-likeness (QED) is 0.877. The molecular formula is C13H13BrF3N3O. The van der Waals surface area contributed by atoms with E-state index in [-0.39, 0.29) is 16.3 Å². The maximum atomic E-state index is 12.2. The molecule has 0 bridgehead atoms. The number of nitrogens with one attached hydrogen (secondary N) is 1. The average Bonchev–Trinajstić information content (AvgIpc) is 2.77. The van der Waals surface area contributed by atoms with E-state index < -0.39 is 6.36 Å². The molecular weight excluding hydrogens is 351 g/mol. The lowest BCUT2D eigenvalue weighted by Gasteiger charge is -2.14. The number of halogens is 4. The molecule has 0 aliphatic carbocycles. The van der Waals surface area contributed by atoms with Crippen molar-refractivity contribution < 1.29 is 17.9 Å². The van der Waals surface area contributed by atoms with Gasteiger partial charge < -0.3 is 10.1 Å². The molecule has 0 aliphatic heterocycles. The van der Waals surface area contributed by atoms with Crippen molar-refractivity contribution in [2.75, 3.05) is 5.32 Å². The highest BCUT2D eigenvalue weighted by Gasteiger charge is 2.32. The van der Waals surface area contributed by atoms with Crippen LogP contribution in [-0.4, -0.2) is 22.0 Å². The van der Waals surface area contributed by atoms with Gasteiger partial charge in [-0.15, -0.1) is 13.2 Å². The zero-order valence-electron chi connectivity index (χ0n) is 11.3. The molecule has 8 heteroatoms. The molecule has 1 aromatic carbocycles. The van der Waals surface area contributed by atoms with Crippen molar-refractivity contribution in [3.8, 4) is 11.4 Å². The third-order valence-corrected chi connectivity index (χ3v) is 3.10. The summed E-state index contributed by atoms with van der Waals surface area (Å²) < 4.78 is 42.6. The number of benzene rings is 1. The first-order valence-corrected chi connectivity index (χ1v) is 6.91. The molecule has 0 saturated heterocycles. The topological polar surface area (TPSA) is 39.1 Å². The number of hydrogen-bond donors (Lipinski definition) is 1. The monoisotopic (exact) mass is 363 g/mol. The predicted molar refractivity (Wildman–Crippen MR) is 76.7 cm³/mol. The Morgan fingerprint density at radius 2 is 2.05 bits per heavy atom. The van der Waals surface area contributed by atoms with E-state index in [4.69, 9.17) is 0 Å². The summed E-state index contributed by atoms with van der Waals surface area (Å²) in [5, 5.41) is 3.15. The number of imidazole rings is 1. The van der Waals surface area contributed by atoms with Crippen molar-refractivity contribution in [2.45, 2.75) is 26.3 Å². The standard InChI is InChI=1S/C13H13BrF3N3O/c1-8(2)19-12-18-5-6-20(12)9-3-4-11(10(14)7-9)21-13(15,16)17/h3-8H,1-2H3,(H,18,19). The molecule has 0 atom stereocenters. The van der Waals surface area contributed by atoms with Crippen LogP contribution in [0.5, 0.6) is 5.75 Å². The minimum Gasteiger partial charge on any atom is -0.405 e. The van der Waals surface area contributed by atoms with Gasteiger partial charge in [0.15, 0.2) is 0 Å². The Labute approximate surface area is 128 Å². The van der Waals surface area contributed by atoms with E-state index in [1.165, 1.54) is 18.2 Å². The molecule has 1 aromatic heterocycles. The van der Waals surface area contributed by atoms with Gasteiger partial charge in [-0.25, -0.2) is 4.98 Å². The average molecular weight is 364 g/mol. The molecule has 1 N–H and O–H groups in total. The minimum absolute atomic E-state index is 0.183. The number of anilines is 1. The molecule has 0 fully saturated rings.